The number of phenolic OH excluding ortho intramolecular Hbond substituents is 1. The molecule has 0 fully saturated rings. The number of halogens is 2. The molecular formula is C15H12Cl2N2O3S. The normalized spacial score (nSPS) is 10.2. The van der Waals surface area contributed by atoms with E-state index in [1.165, 1.54) is 30.0 Å². The van der Waals surface area contributed by atoms with Crippen LogP contribution in [0, 0.1) is 0 Å². The minimum Gasteiger partial charge on any atom is -0.507 e. The van der Waals surface area contributed by atoms with Crippen LogP contribution >= 0.6 is 35.0 Å². The van der Waals surface area contributed by atoms with Crippen molar-refractivity contribution in [3.8, 4) is 5.75 Å². The van der Waals surface area contributed by atoms with Crippen LogP contribution in [0.3, 0.4) is 0 Å². The number of benzene rings is 2. The molecule has 0 spiro atoms. The highest BCUT2D eigenvalue weighted by Gasteiger charge is 2.12. The molecule has 0 atom stereocenters. The Morgan fingerprint density at radius 1 is 1.00 bits per heavy atom. The predicted octanol–water partition coefficient (Wildman–Crippen LogP) is 3.25. The first kappa shape index (κ1) is 17.5. The molecule has 0 bridgehead atoms. The Morgan fingerprint density at radius 2 is 1.65 bits per heavy atom. The Hall–Kier alpha value is -1.89. The standard InChI is InChI=1S/C15H12Cl2N2O3S/c16-9-1-4-11(5-2-9)23-8-14(21)18-19-15(22)12-7-10(17)3-6-13(12)20/h1-7,20H,8H2,(H,18,21)(H,19,22). The predicted molar refractivity (Wildman–Crippen MR) is 90.9 cm³/mol. The maximum absolute atomic E-state index is 11.9. The fourth-order valence-corrected chi connectivity index (χ4v) is 2.60. The summed E-state index contributed by atoms with van der Waals surface area (Å²) in [7, 11) is 0. The Kier molecular flexibility index (Phi) is 6.15. The van der Waals surface area contributed by atoms with Crippen molar-refractivity contribution in [2.75, 3.05) is 5.75 Å². The molecule has 0 unspecified atom stereocenters. The zero-order valence-corrected chi connectivity index (χ0v) is 14.0. The topological polar surface area (TPSA) is 78.4 Å². The summed E-state index contributed by atoms with van der Waals surface area (Å²) in [5, 5.41) is 10.5. The number of thioether (sulfide) groups is 1. The van der Waals surface area contributed by atoms with Crippen molar-refractivity contribution in [2.45, 2.75) is 4.90 Å². The maximum atomic E-state index is 11.9. The molecule has 0 aliphatic rings. The number of hydrazine groups is 1. The highest BCUT2D eigenvalue weighted by atomic mass is 35.5. The molecule has 0 aliphatic heterocycles. The lowest BCUT2D eigenvalue weighted by atomic mass is 10.2. The van der Waals surface area contributed by atoms with E-state index in [4.69, 9.17) is 23.2 Å². The molecule has 2 aromatic carbocycles. The third-order valence-electron chi connectivity index (χ3n) is 2.70. The number of aromatic hydroxyl groups is 1. The summed E-state index contributed by atoms with van der Waals surface area (Å²) in [6.07, 6.45) is 0. The summed E-state index contributed by atoms with van der Waals surface area (Å²) in [6.45, 7) is 0. The number of hydrogen-bond donors (Lipinski definition) is 3. The van der Waals surface area contributed by atoms with Gasteiger partial charge >= 0.3 is 0 Å². The second-order valence-corrected chi connectivity index (χ2v) is 6.33. The molecule has 0 aromatic heterocycles. The van der Waals surface area contributed by atoms with Crippen molar-refractivity contribution in [1.82, 2.24) is 10.9 Å². The Balaban J connectivity index is 1.83. The molecule has 0 aliphatic carbocycles. The average molecular weight is 371 g/mol. The molecule has 2 aromatic rings. The molecule has 0 heterocycles. The molecular weight excluding hydrogens is 359 g/mol. The number of carbonyl (C=O) groups excluding carboxylic acids is 2. The molecule has 8 heteroatoms. The van der Waals surface area contributed by atoms with Gasteiger partial charge < -0.3 is 5.11 Å². The van der Waals surface area contributed by atoms with Crippen LogP contribution < -0.4 is 10.9 Å². The first-order chi connectivity index (χ1) is 11.0. The van der Waals surface area contributed by atoms with Gasteiger partial charge in [-0.2, -0.15) is 0 Å². The SMILES string of the molecule is O=C(CSc1ccc(Cl)cc1)NNC(=O)c1cc(Cl)ccc1O. The van der Waals surface area contributed by atoms with Gasteiger partial charge in [0.2, 0.25) is 5.91 Å². The third-order valence-corrected chi connectivity index (χ3v) is 4.20. The second-order valence-electron chi connectivity index (χ2n) is 4.41. The van der Waals surface area contributed by atoms with Gasteiger partial charge in [-0.3, -0.25) is 20.4 Å². The van der Waals surface area contributed by atoms with E-state index in [1.807, 2.05) is 0 Å². The van der Waals surface area contributed by atoms with Gasteiger partial charge in [-0.25, -0.2) is 0 Å². The van der Waals surface area contributed by atoms with Gasteiger partial charge in [-0.05, 0) is 42.5 Å². The zero-order valence-electron chi connectivity index (χ0n) is 11.7. The van der Waals surface area contributed by atoms with Crippen LogP contribution in [0.4, 0.5) is 0 Å². The van der Waals surface area contributed by atoms with Gasteiger partial charge in [0.25, 0.3) is 5.91 Å². The number of carbonyl (C=O) groups is 2. The van der Waals surface area contributed by atoms with Gasteiger partial charge in [0.1, 0.15) is 5.75 Å². The highest BCUT2D eigenvalue weighted by molar-refractivity contribution is 8.00. The van der Waals surface area contributed by atoms with Crippen molar-refractivity contribution in [1.29, 1.82) is 0 Å². The number of rotatable bonds is 4. The molecule has 2 amide bonds. The maximum Gasteiger partial charge on any atom is 0.273 e. The molecule has 0 radical (unpaired) electrons. The van der Waals surface area contributed by atoms with E-state index < -0.39 is 5.91 Å². The number of phenols is 1. The minimum atomic E-state index is -0.658. The average Bonchev–Trinajstić information content (AvgIpc) is 2.54. The Labute approximate surface area is 147 Å². The van der Waals surface area contributed by atoms with Crippen LogP contribution in [0.25, 0.3) is 0 Å². The number of hydrogen-bond acceptors (Lipinski definition) is 4. The second kappa shape index (κ2) is 8.10. The Bertz CT molecular complexity index is 723. The van der Waals surface area contributed by atoms with Gasteiger partial charge in [-0.15, -0.1) is 11.8 Å². The monoisotopic (exact) mass is 370 g/mol. The fraction of sp³-hybridized carbons (Fsp3) is 0.0667. The number of nitrogens with one attached hydrogen (secondary N) is 2. The smallest absolute Gasteiger partial charge is 0.273 e. The van der Waals surface area contributed by atoms with Gasteiger partial charge in [-0.1, -0.05) is 23.2 Å². The lowest BCUT2D eigenvalue weighted by Gasteiger charge is -2.08. The van der Waals surface area contributed by atoms with E-state index in [2.05, 4.69) is 10.9 Å². The van der Waals surface area contributed by atoms with Crippen molar-refractivity contribution < 1.29 is 14.7 Å². The van der Waals surface area contributed by atoms with Crippen LogP contribution in [0.5, 0.6) is 5.75 Å². The quantitative estimate of drug-likeness (QED) is 0.570. The van der Waals surface area contributed by atoms with Crippen LogP contribution in [-0.2, 0) is 4.79 Å². The summed E-state index contributed by atoms with van der Waals surface area (Å²) < 4.78 is 0. The first-order valence-corrected chi connectivity index (χ1v) is 8.16. The van der Waals surface area contributed by atoms with E-state index in [0.29, 0.717) is 10.0 Å². The molecule has 23 heavy (non-hydrogen) atoms. The lowest BCUT2D eigenvalue weighted by Crippen LogP contribution is -2.42. The highest BCUT2D eigenvalue weighted by Crippen LogP contribution is 2.21. The largest absolute Gasteiger partial charge is 0.507 e. The molecule has 3 N–H and O–H groups in total. The van der Waals surface area contributed by atoms with E-state index in [-0.39, 0.29) is 23.0 Å². The van der Waals surface area contributed by atoms with Crippen LogP contribution in [-0.4, -0.2) is 22.7 Å². The molecule has 5 nitrogen and oxygen atoms in total. The van der Waals surface area contributed by atoms with Crippen molar-refractivity contribution in [3.05, 3.63) is 58.1 Å². The van der Waals surface area contributed by atoms with Crippen LogP contribution in [0.15, 0.2) is 47.4 Å². The van der Waals surface area contributed by atoms with Crippen LogP contribution in [0.2, 0.25) is 10.0 Å². The van der Waals surface area contributed by atoms with Crippen molar-refractivity contribution in [3.63, 3.8) is 0 Å². The molecule has 0 saturated heterocycles. The van der Waals surface area contributed by atoms with E-state index in [9.17, 15) is 14.7 Å². The summed E-state index contributed by atoms with van der Waals surface area (Å²) in [5.41, 5.74) is 4.47. The molecule has 0 saturated carbocycles. The van der Waals surface area contributed by atoms with Gasteiger partial charge in [0.15, 0.2) is 0 Å². The zero-order chi connectivity index (χ0) is 16.8. The molecule has 120 valence electrons. The van der Waals surface area contributed by atoms with Crippen molar-refractivity contribution >= 4 is 46.8 Å². The fourth-order valence-electron chi connectivity index (χ4n) is 1.60. The third kappa shape index (κ3) is 5.35. The minimum absolute atomic E-state index is 0.0249. The van der Waals surface area contributed by atoms with Gasteiger partial charge in [0, 0.05) is 14.9 Å². The van der Waals surface area contributed by atoms with Crippen LogP contribution in [0.1, 0.15) is 10.4 Å². The Morgan fingerprint density at radius 3 is 2.35 bits per heavy atom. The first-order valence-electron chi connectivity index (χ1n) is 6.42. The number of amides is 2. The summed E-state index contributed by atoms with van der Waals surface area (Å²) in [4.78, 5) is 24.5. The van der Waals surface area contributed by atoms with E-state index >= 15 is 0 Å². The van der Waals surface area contributed by atoms with E-state index in [0.717, 1.165) is 4.90 Å². The van der Waals surface area contributed by atoms with E-state index in [1.54, 1.807) is 24.3 Å². The molecule has 2 rings (SSSR count). The van der Waals surface area contributed by atoms with Crippen molar-refractivity contribution in [2.24, 2.45) is 0 Å². The summed E-state index contributed by atoms with van der Waals surface area (Å²) in [5.74, 6) is -1.16. The van der Waals surface area contributed by atoms with Gasteiger partial charge in [0.05, 0.1) is 11.3 Å². The summed E-state index contributed by atoms with van der Waals surface area (Å²) >= 11 is 12.8. The summed E-state index contributed by atoms with van der Waals surface area (Å²) in [6, 6.07) is 11.1. The lowest BCUT2D eigenvalue weighted by molar-refractivity contribution is -0.119.